The topological polar surface area (TPSA) is 42.9 Å². The van der Waals surface area contributed by atoms with Crippen molar-refractivity contribution in [2.45, 2.75) is 5.16 Å². The molecule has 1 aliphatic rings. The highest BCUT2D eigenvalue weighted by Gasteiger charge is 2.08. The normalized spacial score (nSPS) is 18.0. The molecule has 2 rings (SSSR count). The fourth-order valence-corrected chi connectivity index (χ4v) is 2.24. The van der Waals surface area contributed by atoms with Gasteiger partial charge in [0.1, 0.15) is 0 Å². The standard InChI is InChI=1S/C9H6N2OS2/c12-8-3-2-7(14-8)6-13-9-10-4-1-5-11-9/h1-6H/b7-6-. The van der Waals surface area contributed by atoms with Gasteiger partial charge >= 0.3 is 0 Å². The number of hydrogen-bond donors (Lipinski definition) is 0. The SMILES string of the molecule is O=C1C=C/C(=C/Sc2ncccn2)S1. The second-order valence-electron chi connectivity index (χ2n) is 2.42. The summed E-state index contributed by atoms with van der Waals surface area (Å²) in [7, 11) is 0. The van der Waals surface area contributed by atoms with Gasteiger partial charge in [0.2, 0.25) is 5.12 Å². The second-order valence-corrected chi connectivity index (χ2v) is 4.34. The van der Waals surface area contributed by atoms with Crippen molar-refractivity contribution in [3.05, 3.63) is 40.9 Å². The molecule has 0 aromatic carbocycles. The first-order chi connectivity index (χ1) is 6.84. The van der Waals surface area contributed by atoms with E-state index in [0.29, 0.717) is 5.16 Å². The summed E-state index contributed by atoms with van der Waals surface area (Å²) in [5.74, 6) is 0. The van der Waals surface area contributed by atoms with Gasteiger partial charge in [-0.2, -0.15) is 0 Å². The third kappa shape index (κ3) is 2.46. The molecule has 0 atom stereocenters. The maximum atomic E-state index is 10.9. The van der Waals surface area contributed by atoms with Crippen LogP contribution < -0.4 is 0 Å². The number of carbonyl (C=O) groups excluding carboxylic acids is 1. The Balaban J connectivity index is 2.01. The van der Waals surface area contributed by atoms with Gasteiger partial charge in [-0.3, -0.25) is 4.79 Å². The van der Waals surface area contributed by atoms with Gasteiger partial charge in [0.15, 0.2) is 5.16 Å². The zero-order valence-corrected chi connectivity index (χ0v) is 8.72. The molecule has 1 aliphatic heterocycles. The molecule has 1 aromatic heterocycles. The van der Waals surface area contributed by atoms with Crippen molar-refractivity contribution < 1.29 is 4.79 Å². The summed E-state index contributed by atoms with van der Waals surface area (Å²) < 4.78 is 0. The van der Waals surface area contributed by atoms with E-state index in [0.717, 1.165) is 4.91 Å². The lowest BCUT2D eigenvalue weighted by atomic mass is 10.5. The Hall–Kier alpha value is -1.07. The summed E-state index contributed by atoms with van der Waals surface area (Å²) in [6.45, 7) is 0. The zero-order valence-electron chi connectivity index (χ0n) is 7.08. The molecule has 0 spiro atoms. The molecule has 1 aromatic rings. The summed E-state index contributed by atoms with van der Waals surface area (Å²) in [5.41, 5.74) is 0. The van der Waals surface area contributed by atoms with E-state index in [-0.39, 0.29) is 5.12 Å². The summed E-state index contributed by atoms with van der Waals surface area (Å²) >= 11 is 2.63. The van der Waals surface area contributed by atoms with Crippen molar-refractivity contribution in [1.29, 1.82) is 0 Å². The van der Waals surface area contributed by atoms with Crippen molar-refractivity contribution in [2.75, 3.05) is 0 Å². The predicted molar refractivity (Wildman–Crippen MR) is 57.7 cm³/mol. The third-order valence-corrected chi connectivity index (χ3v) is 3.19. The molecule has 0 saturated carbocycles. The quantitative estimate of drug-likeness (QED) is 0.567. The summed E-state index contributed by atoms with van der Waals surface area (Å²) in [4.78, 5) is 19.9. The maximum Gasteiger partial charge on any atom is 0.216 e. The van der Waals surface area contributed by atoms with Crippen LogP contribution in [0.15, 0.2) is 46.1 Å². The number of hydrogen-bond acceptors (Lipinski definition) is 5. The van der Waals surface area contributed by atoms with Gasteiger partial charge in [-0.15, -0.1) is 0 Å². The van der Waals surface area contributed by atoms with E-state index in [9.17, 15) is 4.79 Å². The molecule has 0 radical (unpaired) electrons. The Morgan fingerprint density at radius 2 is 2.07 bits per heavy atom. The van der Waals surface area contributed by atoms with Crippen molar-refractivity contribution in [3.8, 4) is 0 Å². The average molecular weight is 222 g/mol. The minimum absolute atomic E-state index is 0.0748. The van der Waals surface area contributed by atoms with Gasteiger partial charge < -0.3 is 0 Å². The van der Waals surface area contributed by atoms with Crippen LogP contribution in [0.3, 0.4) is 0 Å². The molecular formula is C9H6N2OS2. The van der Waals surface area contributed by atoms with Crippen LogP contribution in [0.1, 0.15) is 0 Å². The summed E-state index contributed by atoms with van der Waals surface area (Å²) in [6, 6.07) is 1.77. The van der Waals surface area contributed by atoms with Crippen LogP contribution in [0.5, 0.6) is 0 Å². The highest BCUT2D eigenvalue weighted by Crippen LogP contribution is 2.29. The molecule has 5 heteroatoms. The van der Waals surface area contributed by atoms with Crippen LogP contribution in [-0.2, 0) is 4.79 Å². The van der Waals surface area contributed by atoms with Gasteiger partial charge in [-0.1, -0.05) is 11.8 Å². The van der Waals surface area contributed by atoms with Crippen LogP contribution in [0.25, 0.3) is 0 Å². The Morgan fingerprint density at radius 1 is 1.29 bits per heavy atom. The Morgan fingerprint density at radius 3 is 2.71 bits per heavy atom. The van der Waals surface area contributed by atoms with Gasteiger partial charge in [-0.25, -0.2) is 9.97 Å². The third-order valence-electron chi connectivity index (χ3n) is 1.42. The molecule has 0 bridgehead atoms. The van der Waals surface area contributed by atoms with E-state index < -0.39 is 0 Å². The van der Waals surface area contributed by atoms with Crippen LogP contribution >= 0.6 is 23.5 Å². The van der Waals surface area contributed by atoms with Gasteiger partial charge in [0, 0.05) is 17.3 Å². The van der Waals surface area contributed by atoms with Gasteiger partial charge in [0.25, 0.3) is 0 Å². The van der Waals surface area contributed by atoms with Crippen LogP contribution in [0.2, 0.25) is 0 Å². The lowest BCUT2D eigenvalue weighted by Gasteiger charge is -1.93. The number of thioether (sulfide) groups is 2. The molecule has 0 unspecified atom stereocenters. The van der Waals surface area contributed by atoms with E-state index in [4.69, 9.17) is 0 Å². The molecule has 2 heterocycles. The lowest BCUT2D eigenvalue weighted by Crippen LogP contribution is -1.80. The largest absolute Gasteiger partial charge is 0.282 e. The van der Waals surface area contributed by atoms with Crippen molar-refractivity contribution in [3.63, 3.8) is 0 Å². The fourth-order valence-electron chi connectivity index (χ4n) is 0.855. The van der Waals surface area contributed by atoms with Crippen LogP contribution in [0, 0.1) is 0 Å². The van der Waals surface area contributed by atoms with E-state index in [1.807, 2.05) is 5.41 Å². The maximum absolute atomic E-state index is 10.9. The lowest BCUT2D eigenvalue weighted by molar-refractivity contribution is -0.106. The molecule has 0 amide bonds. The van der Waals surface area contributed by atoms with E-state index in [1.54, 1.807) is 30.6 Å². The summed E-state index contributed by atoms with van der Waals surface area (Å²) in [6.07, 6.45) is 6.74. The van der Waals surface area contributed by atoms with Crippen molar-refractivity contribution >= 4 is 28.6 Å². The number of carbonyl (C=O) groups is 1. The molecule has 0 aliphatic carbocycles. The Labute approximate surface area is 89.7 Å². The molecule has 70 valence electrons. The second kappa shape index (κ2) is 4.43. The average Bonchev–Trinajstić information content (AvgIpc) is 2.63. The first-order valence-electron chi connectivity index (χ1n) is 3.88. The van der Waals surface area contributed by atoms with Gasteiger partial charge in [-0.05, 0) is 35.4 Å². The van der Waals surface area contributed by atoms with Gasteiger partial charge in [0.05, 0.1) is 0 Å². The minimum atomic E-state index is 0.0748. The highest BCUT2D eigenvalue weighted by atomic mass is 32.2. The highest BCUT2D eigenvalue weighted by molar-refractivity contribution is 8.18. The fraction of sp³-hybridized carbons (Fsp3) is 0. The van der Waals surface area contributed by atoms with E-state index in [1.165, 1.54) is 23.5 Å². The first kappa shape index (κ1) is 9.48. The number of nitrogens with zero attached hydrogens (tertiary/aromatic N) is 2. The van der Waals surface area contributed by atoms with Crippen molar-refractivity contribution in [2.24, 2.45) is 0 Å². The first-order valence-corrected chi connectivity index (χ1v) is 5.58. The van der Waals surface area contributed by atoms with E-state index in [2.05, 4.69) is 9.97 Å². The Bertz CT molecular complexity index is 401. The van der Waals surface area contributed by atoms with Crippen LogP contribution in [-0.4, -0.2) is 15.1 Å². The number of allylic oxidation sites excluding steroid dienone is 1. The van der Waals surface area contributed by atoms with Crippen molar-refractivity contribution in [1.82, 2.24) is 9.97 Å². The molecule has 0 fully saturated rings. The number of aromatic nitrogens is 2. The monoisotopic (exact) mass is 222 g/mol. The molecule has 0 N–H and O–H groups in total. The minimum Gasteiger partial charge on any atom is -0.282 e. The zero-order chi connectivity index (χ0) is 9.80. The molecule has 3 nitrogen and oxygen atoms in total. The van der Waals surface area contributed by atoms with E-state index >= 15 is 0 Å². The molecular weight excluding hydrogens is 216 g/mol. The Kier molecular flexibility index (Phi) is 3.00. The predicted octanol–water partition coefficient (Wildman–Crippen LogP) is 2.24. The molecule has 0 saturated heterocycles. The smallest absolute Gasteiger partial charge is 0.216 e. The molecule has 14 heavy (non-hydrogen) atoms. The summed E-state index contributed by atoms with van der Waals surface area (Å²) in [5, 5.41) is 2.64. The number of rotatable bonds is 2. The van der Waals surface area contributed by atoms with Crippen LogP contribution in [0.4, 0.5) is 0 Å².